The number of nitrogens with zero attached hydrogens (tertiary/aromatic N) is 4. The number of aromatic nitrogens is 2. The Labute approximate surface area is 168 Å². The van der Waals surface area contributed by atoms with Crippen molar-refractivity contribution in [2.24, 2.45) is 0 Å². The molecular formula is C22H23FN4O2. The third-order valence-electron chi connectivity index (χ3n) is 5.35. The third-order valence-corrected chi connectivity index (χ3v) is 5.35. The van der Waals surface area contributed by atoms with Crippen LogP contribution in [0, 0.1) is 5.82 Å². The van der Waals surface area contributed by atoms with Crippen LogP contribution in [0.4, 0.5) is 4.39 Å². The number of hydrogen-bond donors (Lipinski definition) is 0. The van der Waals surface area contributed by atoms with Gasteiger partial charge in [0, 0.05) is 43.7 Å². The first-order chi connectivity index (χ1) is 14.1. The second-order valence-electron chi connectivity index (χ2n) is 7.18. The Balaban J connectivity index is 1.40. The highest BCUT2D eigenvalue weighted by Crippen LogP contribution is 2.20. The summed E-state index contributed by atoms with van der Waals surface area (Å²) >= 11 is 0. The molecule has 4 rings (SSSR count). The number of carbonyl (C=O) groups excluding carboxylic acids is 2. The van der Waals surface area contributed by atoms with Gasteiger partial charge in [0.2, 0.25) is 0 Å². The van der Waals surface area contributed by atoms with Gasteiger partial charge < -0.3 is 4.90 Å². The van der Waals surface area contributed by atoms with Crippen molar-refractivity contribution in [2.45, 2.75) is 13.5 Å². The summed E-state index contributed by atoms with van der Waals surface area (Å²) in [6, 6.07) is 13.4. The molecule has 1 aromatic heterocycles. The van der Waals surface area contributed by atoms with E-state index in [0.717, 1.165) is 10.9 Å². The fraction of sp³-hybridized carbons (Fsp3) is 0.318. The van der Waals surface area contributed by atoms with Crippen molar-refractivity contribution in [3.8, 4) is 0 Å². The van der Waals surface area contributed by atoms with Gasteiger partial charge in [-0.2, -0.15) is 5.10 Å². The van der Waals surface area contributed by atoms with E-state index in [-0.39, 0.29) is 24.1 Å². The van der Waals surface area contributed by atoms with Crippen molar-refractivity contribution >= 4 is 22.6 Å². The van der Waals surface area contributed by atoms with E-state index < -0.39 is 0 Å². The number of fused-ring (bicyclic) bond motifs is 1. The Morgan fingerprint density at radius 3 is 2.38 bits per heavy atom. The van der Waals surface area contributed by atoms with Crippen LogP contribution in [0.2, 0.25) is 0 Å². The van der Waals surface area contributed by atoms with Crippen LogP contribution in [0.15, 0.2) is 48.5 Å². The van der Waals surface area contributed by atoms with Crippen molar-refractivity contribution < 1.29 is 14.0 Å². The maximum absolute atomic E-state index is 13.1. The summed E-state index contributed by atoms with van der Waals surface area (Å²) in [5.41, 5.74) is 1.95. The molecule has 1 fully saturated rings. The fourth-order valence-corrected chi connectivity index (χ4v) is 3.72. The van der Waals surface area contributed by atoms with Crippen molar-refractivity contribution in [2.75, 3.05) is 32.7 Å². The van der Waals surface area contributed by atoms with Crippen molar-refractivity contribution in [1.29, 1.82) is 0 Å². The van der Waals surface area contributed by atoms with E-state index in [2.05, 4.69) is 5.10 Å². The number of ketones is 1. The Bertz CT molecular complexity index is 1040. The van der Waals surface area contributed by atoms with Crippen LogP contribution < -0.4 is 0 Å². The van der Waals surface area contributed by atoms with Crippen LogP contribution >= 0.6 is 0 Å². The van der Waals surface area contributed by atoms with Crippen LogP contribution in [-0.4, -0.2) is 64.0 Å². The minimum Gasteiger partial charge on any atom is -0.335 e. The number of hydrogen-bond acceptors (Lipinski definition) is 4. The second-order valence-corrected chi connectivity index (χ2v) is 7.18. The fourth-order valence-electron chi connectivity index (χ4n) is 3.72. The predicted molar refractivity (Wildman–Crippen MR) is 108 cm³/mol. The lowest BCUT2D eigenvalue weighted by Crippen LogP contribution is -2.50. The van der Waals surface area contributed by atoms with Gasteiger partial charge >= 0.3 is 0 Å². The normalized spacial score (nSPS) is 15.0. The highest BCUT2D eigenvalue weighted by Gasteiger charge is 2.26. The Hall–Kier alpha value is -3.06. The van der Waals surface area contributed by atoms with Crippen molar-refractivity contribution in [3.05, 3.63) is 65.6 Å². The van der Waals surface area contributed by atoms with Crippen LogP contribution in [0.25, 0.3) is 10.9 Å². The molecule has 1 saturated heterocycles. The molecule has 29 heavy (non-hydrogen) atoms. The van der Waals surface area contributed by atoms with Gasteiger partial charge in [0.25, 0.3) is 5.91 Å². The molecule has 0 bridgehead atoms. The number of piperazine rings is 1. The average Bonchev–Trinajstić information content (AvgIpc) is 3.13. The van der Waals surface area contributed by atoms with Gasteiger partial charge in [-0.25, -0.2) is 4.39 Å². The molecular weight excluding hydrogens is 371 g/mol. The summed E-state index contributed by atoms with van der Waals surface area (Å²) in [6.45, 7) is 5.29. The summed E-state index contributed by atoms with van der Waals surface area (Å²) in [5, 5.41) is 5.39. The Morgan fingerprint density at radius 2 is 1.69 bits per heavy atom. The Kier molecular flexibility index (Phi) is 5.40. The first-order valence-electron chi connectivity index (χ1n) is 9.82. The lowest BCUT2D eigenvalue weighted by atomic mass is 10.1. The standard InChI is InChI=1S/C22H23FN4O2/c1-2-27-19-6-4-3-5-18(19)21(24-27)22(29)26-13-11-25(12-14-26)15-20(28)16-7-9-17(23)10-8-16/h3-10H,2,11-15H2,1H3. The maximum atomic E-state index is 13.1. The zero-order chi connectivity index (χ0) is 20.4. The molecule has 150 valence electrons. The lowest BCUT2D eigenvalue weighted by Gasteiger charge is -2.34. The smallest absolute Gasteiger partial charge is 0.275 e. The lowest BCUT2D eigenvalue weighted by molar-refractivity contribution is 0.0620. The number of aryl methyl sites for hydroxylation is 1. The predicted octanol–water partition coefficient (Wildman–Crippen LogP) is 2.84. The number of rotatable bonds is 5. The van der Waals surface area contributed by atoms with Gasteiger partial charge in [-0.05, 0) is 37.3 Å². The molecule has 0 aliphatic carbocycles. The van der Waals surface area contributed by atoms with E-state index >= 15 is 0 Å². The average molecular weight is 394 g/mol. The molecule has 1 aliphatic rings. The summed E-state index contributed by atoms with van der Waals surface area (Å²) in [5.74, 6) is -0.470. The molecule has 1 amide bonds. The molecule has 0 radical (unpaired) electrons. The minimum atomic E-state index is -0.355. The van der Waals surface area contributed by atoms with E-state index in [4.69, 9.17) is 0 Å². The third kappa shape index (κ3) is 3.91. The van der Waals surface area contributed by atoms with Crippen LogP contribution in [0.5, 0.6) is 0 Å². The monoisotopic (exact) mass is 394 g/mol. The van der Waals surface area contributed by atoms with Gasteiger partial charge in [-0.15, -0.1) is 0 Å². The molecule has 0 atom stereocenters. The van der Waals surface area contributed by atoms with Crippen LogP contribution in [0.3, 0.4) is 0 Å². The van der Waals surface area contributed by atoms with Gasteiger partial charge in [-0.1, -0.05) is 18.2 Å². The highest BCUT2D eigenvalue weighted by atomic mass is 19.1. The molecule has 7 heteroatoms. The van der Waals surface area contributed by atoms with Gasteiger partial charge in [0.05, 0.1) is 12.1 Å². The van der Waals surface area contributed by atoms with Gasteiger partial charge in [0.15, 0.2) is 11.5 Å². The summed E-state index contributed by atoms with van der Waals surface area (Å²) in [7, 11) is 0. The zero-order valence-corrected chi connectivity index (χ0v) is 16.3. The summed E-state index contributed by atoms with van der Waals surface area (Å²) < 4.78 is 14.9. The number of benzene rings is 2. The SMILES string of the molecule is CCn1nc(C(=O)N2CCN(CC(=O)c3ccc(F)cc3)CC2)c2ccccc21. The van der Waals surface area contributed by atoms with E-state index in [0.29, 0.717) is 44.0 Å². The van der Waals surface area contributed by atoms with E-state index in [1.54, 1.807) is 4.90 Å². The van der Waals surface area contributed by atoms with Crippen LogP contribution in [0.1, 0.15) is 27.8 Å². The summed E-state index contributed by atoms with van der Waals surface area (Å²) in [4.78, 5) is 29.3. The maximum Gasteiger partial charge on any atom is 0.275 e. The molecule has 3 aromatic rings. The molecule has 0 spiro atoms. The highest BCUT2D eigenvalue weighted by molar-refractivity contribution is 6.05. The molecule has 0 saturated carbocycles. The zero-order valence-electron chi connectivity index (χ0n) is 16.3. The number of halogens is 1. The van der Waals surface area contributed by atoms with Crippen LogP contribution in [-0.2, 0) is 6.54 Å². The van der Waals surface area contributed by atoms with E-state index in [1.165, 1.54) is 24.3 Å². The summed E-state index contributed by atoms with van der Waals surface area (Å²) in [6.07, 6.45) is 0. The van der Waals surface area contributed by atoms with Crippen molar-refractivity contribution in [3.63, 3.8) is 0 Å². The quantitative estimate of drug-likeness (QED) is 0.625. The topological polar surface area (TPSA) is 58.4 Å². The minimum absolute atomic E-state index is 0.0440. The first-order valence-corrected chi connectivity index (χ1v) is 9.82. The molecule has 6 nitrogen and oxygen atoms in total. The number of para-hydroxylation sites is 1. The Morgan fingerprint density at radius 1 is 1.00 bits per heavy atom. The van der Waals surface area contributed by atoms with E-state index in [9.17, 15) is 14.0 Å². The molecule has 0 unspecified atom stereocenters. The number of amides is 1. The molecule has 2 heterocycles. The van der Waals surface area contributed by atoms with E-state index in [1.807, 2.05) is 40.8 Å². The molecule has 0 N–H and O–H groups in total. The van der Waals surface area contributed by atoms with Crippen molar-refractivity contribution in [1.82, 2.24) is 19.6 Å². The van der Waals surface area contributed by atoms with Gasteiger partial charge in [-0.3, -0.25) is 19.2 Å². The number of carbonyl (C=O) groups is 2. The molecule has 2 aromatic carbocycles. The van der Waals surface area contributed by atoms with Gasteiger partial charge in [0.1, 0.15) is 5.82 Å². The largest absolute Gasteiger partial charge is 0.335 e. The second kappa shape index (κ2) is 8.13. The first kappa shape index (κ1) is 19.3. The molecule has 1 aliphatic heterocycles. The number of Topliss-reactive ketones (excluding diaryl/α,β-unsaturated/α-hetero) is 1.